The molecule has 3 N–H and O–H groups in total. The number of benzene rings is 4. The summed E-state index contributed by atoms with van der Waals surface area (Å²) in [5, 5.41) is 8.10. The summed E-state index contributed by atoms with van der Waals surface area (Å²) in [7, 11) is 3.06. The van der Waals surface area contributed by atoms with Gasteiger partial charge >= 0.3 is 0 Å². The Bertz CT molecular complexity index is 1640. The molecule has 0 spiro atoms. The van der Waals surface area contributed by atoms with Gasteiger partial charge in [0.05, 0.1) is 25.2 Å². The van der Waals surface area contributed by atoms with Crippen LogP contribution in [-0.4, -0.2) is 37.2 Å². The quantitative estimate of drug-likeness (QED) is 0.118. The van der Waals surface area contributed by atoms with Crippen LogP contribution in [0.1, 0.15) is 22.8 Å². The molecule has 0 heterocycles. The molecule has 1 atom stereocenters. The van der Waals surface area contributed by atoms with Gasteiger partial charge in [-0.15, -0.1) is 11.8 Å². The van der Waals surface area contributed by atoms with Crippen LogP contribution in [0, 0.1) is 0 Å². The maximum absolute atomic E-state index is 13.6. The van der Waals surface area contributed by atoms with Gasteiger partial charge in [-0.1, -0.05) is 36.4 Å². The van der Waals surface area contributed by atoms with Crippen molar-refractivity contribution in [1.82, 2.24) is 5.32 Å². The zero-order chi connectivity index (χ0) is 30.8. The topological polar surface area (TPSA) is 106 Å². The third-order valence-corrected chi connectivity index (χ3v) is 7.96. The van der Waals surface area contributed by atoms with Crippen molar-refractivity contribution >= 4 is 62.9 Å². The van der Waals surface area contributed by atoms with Crippen LogP contribution in [-0.2, 0) is 9.59 Å². The molecule has 4 rings (SSSR count). The minimum Gasteiger partial charge on any atom is -0.497 e. The Morgan fingerprint density at radius 1 is 0.837 bits per heavy atom. The summed E-state index contributed by atoms with van der Waals surface area (Å²) in [5.74, 6) is -0.0987. The van der Waals surface area contributed by atoms with Crippen LogP contribution in [0.5, 0.6) is 11.5 Å². The first-order chi connectivity index (χ1) is 20.8. The lowest BCUT2D eigenvalue weighted by Crippen LogP contribution is -2.30. The van der Waals surface area contributed by atoms with E-state index in [-0.39, 0.29) is 11.6 Å². The van der Waals surface area contributed by atoms with Gasteiger partial charge in [-0.25, -0.2) is 0 Å². The van der Waals surface area contributed by atoms with Crippen LogP contribution in [0.15, 0.2) is 112 Å². The molecular weight excluding hydrogens is 630 g/mol. The van der Waals surface area contributed by atoms with E-state index in [0.717, 1.165) is 9.37 Å². The summed E-state index contributed by atoms with van der Waals surface area (Å²) in [5.41, 5.74) is 2.11. The first kappa shape index (κ1) is 31.4. The van der Waals surface area contributed by atoms with E-state index in [1.165, 1.54) is 32.1 Å². The molecular formula is C33H30BrN3O5S. The van der Waals surface area contributed by atoms with Crippen LogP contribution in [0.3, 0.4) is 0 Å². The van der Waals surface area contributed by atoms with Crippen molar-refractivity contribution in [3.05, 3.63) is 118 Å². The average molecular weight is 661 g/mol. The molecule has 0 aliphatic rings. The zero-order valence-electron chi connectivity index (χ0n) is 23.7. The molecule has 0 bridgehead atoms. The van der Waals surface area contributed by atoms with Gasteiger partial charge in [-0.3, -0.25) is 14.4 Å². The monoisotopic (exact) mass is 659 g/mol. The van der Waals surface area contributed by atoms with Crippen molar-refractivity contribution in [2.45, 2.75) is 17.1 Å². The zero-order valence-corrected chi connectivity index (χ0v) is 26.1. The molecule has 4 aromatic rings. The van der Waals surface area contributed by atoms with Crippen molar-refractivity contribution in [1.29, 1.82) is 0 Å². The smallest absolute Gasteiger partial charge is 0.272 e. The minimum atomic E-state index is -0.545. The number of nitrogens with one attached hydrogen (secondary N) is 3. The summed E-state index contributed by atoms with van der Waals surface area (Å²) in [4.78, 5) is 40.2. The van der Waals surface area contributed by atoms with Crippen molar-refractivity contribution in [2.75, 3.05) is 24.9 Å². The fourth-order valence-electron chi connectivity index (χ4n) is 3.95. The van der Waals surface area contributed by atoms with Crippen LogP contribution >= 0.6 is 27.7 Å². The van der Waals surface area contributed by atoms with Crippen LogP contribution in [0.25, 0.3) is 6.08 Å². The first-order valence-electron chi connectivity index (χ1n) is 13.2. The van der Waals surface area contributed by atoms with Crippen molar-refractivity contribution in [2.24, 2.45) is 0 Å². The number of ether oxygens (including phenoxy) is 2. The molecule has 0 saturated carbocycles. The van der Waals surface area contributed by atoms with Gasteiger partial charge in [-0.05, 0) is 89.6 Å². The number of hydrogen-bond donors (Lipinski definition) is 3. The van der Waals surface area contributed by atoms with Gasteiger partial charge in [0.25, 0.3) is 11.8 Å². The molecule has 0 radical (unpaired) electrons. The second kappa shape index (κ2) is 15.1. The molecule has 0 aliphatic carbocycles. The number of anilines is 2. The van der Waals surface area contributed by atoms with E-state index >= 15 is 0 Å². The molecule has 1 unspecified atom stereocenters. The molecule has 0 aromatic heterocycles. The number of methoxy groups -OCH3 is 2. The Hall–Kier alpha value is -4.54. The summed E-state index contributed by atoms with van der Waals surface area (Å²) in [6.45, 7) is 1.81. The number of rotatable bonds is 11. The number of halogens is 1. The second-order valence-corrected chi connectivity index (χ2v) is 11.5. The van der Waals surface area contributed by atoms with E-state index in [2.05, 4.69) is 31.9 Å². The summed E-state index contributed by atoms with van der Waals surface area (Å²) >= 11 is 4.80. The average Bonchev–Trinajstić information content (AvgIpc) is 3.02. The molecule has 4 aromatic carbocycles. The number of carbonyl (C=O) groups is 3. The van der Waals surface area contributed by atoms with Crippen molar-refractivity contribution in [3.63, 3.8) is 0 Å². The highest BCUT2D eigenvalue weighted by Gasteiger charge is 2.18. The van der Waals surface area contributed by atoms with Gasteiger partial charge in [0.2, 0.25) is 5.91 Å². The van der Waals surface area contributed by atoms with Gasteiger partial charge in [0.1, 0.15) is 17.2 Å². The molecule has 10 heteroatoms. The third kappa shape index (κ3) is 8.73. The fraction of sp³-hybridized carbons (Fsp3) is 0.121. The highest BCUT2D eigenvalue weighted by atomic mass is 79.9. The van der Waals surface area contributed by atoms with E-state index in [1.54, 1.807) is 66.7 Å². The predicted octanol–water partition coefficient (Wildman–Crippen LogP) is 7.00. The summed E-state index contributed by atoms with van der Waals surface area (Å²) in [6.07, 6.45) is 1.53. The lowest BCUT2D eigenvalue weighted by molar-refractivity contribution is -0.115. The second-order valence-electron chi connectivity index (χ2n) is 9.20. The third-order valence-electron chi connectivity index (χ3n) is 6.17. The summed E-state index contributed by atoms with van der Waals surface area (Å²) < 4.78 is 11.6. The van der Waals surface area contributed by atoms with Crippen LogP contribution in [0.4, 0.5) is 11.4 Å². The highest BCUT2D eigenvalue weighted by Crippen LogP contribution is 2.29. The van der Waals surface area contributed by atoms with Crippen molar-refractivity contribution < 1.29 is 23.9 Å². The lowest BCUT2D eigenvalue weighted by atomic mass is 10.1. The van der Waals surface area contributed by atoms with Crippen molar-refractivity contribution in [3.8, 4) is 11.5 Å². The minimum absolute atomic E-state index is 0.000328. The van der Waals surface area contributed by atoms with Crippen LogP contribution in [0.2, 0.25) is 0 Å². The normalized spacial score (nSPS) is 11.7. The molecule has 43 heavy (non-hydrogen) atoms. The molecule has 3 amide bonds. The SMILES string of the molecule is COc1ccc(OC)c(/C=C(/NC(=O)c2ccccc2)C(=O)Nc2cccc(SC(C)C(=O)Nc3ccccc3Br)c2)c1. The predicted molar refractivity (Wildman–Crippen MR) is 175 cm³/mol. The molecule has 220 valence electrons. The van der Waals surface area contributed by atoms with E-state index in [1.807, 2.05) is 37.3 Å². The number of para-hydroxylation sites is 1. The molecule has 8 nitrogen and oxygen atoms in total. The van der Waals surface area contributed by atoms with Crippen LogP contribution < -0.4 is 25.4 Å². The van der Waals surface area contributed by atoms with E-state index in [0.29, 0.717) is 34.0 Å². The summed E-state index contributed by atoms with van der Waals surface area (Å²) in [6, 6.07) is 28.3. The molecule has 0 aliphatic heterocycles. The Kier molecular flexibility index (Phi) is 11.0. The Labute approximate surface area is 263 Å². The Morgan fingerprint density at radius 3 is 2.30 bits per heavy atom. The number of amides is 3. The van der Waals surface area contributed by atoms with E-state index < -0.39 is 17.1 Å². The number of carbonyl (C=O) groups excluding carboxylic acids is 3. The van der Waals surface area contributed by atoms with Gasteiger partial charge < -0.3 is 25.4 Å². The standard InChI is InChI=1S/C33H30BrN3O5S/c1-21(31(38)36-28-15-8-7-14-27(28)34)43-26-13-9-12-24(20-26)35-33(40)29(37-32(39)22-10-5-4-6-11-22)19-23-18-25(41-2)16-17-30(23)42-3/h4-21H,1-3H3,(H,35,40)(H,36,38)(H,37,39)/b29-19+. The maximum atomic E-state index is 13.6. The molecule has 0 fully saturated rings. The molecule has 0 saturated heterocycles. The largest absolute Gasteiger partial charge is 0.497 e. The Morgan fingerprint density at radius 2 is 1.58 bits per heavy atom. The number of hydrogen-bond acceptors (Lipinski definition) is 6. The van der Waals surface area contributed by atoms with Gasteiger partial charge in [0, 0.05) is 26.2 Å². The first-order valence-corrected chi connectivity index (χ1v) is 14.9. The number of thioether (sulfide) groups is 1. The van der Waals surface area contributed by atoms with Gasteiger partial charge in [0.15, 0.2) is 0 Å². The Balaban J connectivity index is 1.54. The fourth-order valence-corrected chi connectivity index (χ4v) is 5.26. The maximum Gasteiger partial charge on any atom is 0.272 e. The van der Waals surface area contributed by atoms with Gasteiger partial charge in [-0.2, -0.15) is 0 Å². The highest BCUT2D eigenvalue weighted by molar-refractivity contribution is 9.10. The van der Waals surface area contributed by atoms with E-state index in [9.17, 15) is 14.4 Å². The lowest BCUT2D eigenvalue weighted by Gasteiger charge is -2.15. The van der Waals surface area contributed by atoms with E-state index in [4.69, 9.17) is 9.47 Å².